The molecule has 2 aromatic rings. The molecule has 5 heteroatoms. The fourth-order valence-electron chi connectivity index (χ4n) is 1.90. The van der Waals surface area contributed by atoms with E-state index in [4.69, 9.17) is 5.11 Å². The number of rotatable bonds is 5. The molecule has 0 spiro atoms. The minimum atomic E-state index is -0.827. The van der Waals surface area contributed by atoms with Gasteiger partial charge in [-0.25, -0.2) is 4.98 Å². The number of benzene rings is 1. The lowest BCUT2D eigenvalue weighted by Crippen LogP contribution is -2.02. The average Bonchev–Trinajstić information content (AvgIpc) is 2.71. The predicted octanol–water partition coefficient (Wildman–Crippen LogP) is 3.49. The molecule has 0 atom stereocenters. The largest absolute Gasteiger partial charge is 0.481 e. The maximum atomic E-state index is 10.7. The second-order valence-electron chi connectivity index (χ2n) is 4.96. The van der Waals surface area contributed by atoms with Crippen LogP contribution in [0, 0.1) is 6.92 Å². The molecule has 0 unspecified atom stereocenters. The summed E-state index contributed by atoms with van der Waals surface area (Å²) in [5.74, 6) is -0.802. The summed E-state index contributed by atoms with van der Waals surface area (Å²) in [5, 5.41) is 9.59. The molecule has 1 heterocycles. The van der Waals surface area contributed by atoms with E-state index in [0.717, 1.165) is 16.2 Å². The quantitative estimate of drug-likeness (QED) is 0.676. The van der Waals surface area contributed by atoms with E-state index in [9.17, 15) is 4.79 Å². The Bertz CT molecular complexity index is 670. The van der Waals surface area contributed by atoms with Crippen molar-refractivity contribution in [2.75, 3.05) is 5.75 Å². The number of aryl methyl sites for hydroxylation is 1. The Hall–Kier alpha value is -1.75. The molecular formula is C15H18N2O2S. The molecule has 4 nitrogen and oxygen atoms in total. The summed E-state index contributed by atoms with van der Waals surface area (Å²) in [5.41, 5.74) is 4.36. The number of allylic oxidation sites excluding steroid dienone is 2. The van der Waals surface area contributed by atoms with E-state index in [1.807, 2.05) is 19.1 Å². The molecule has 0 aliphatic carbocycles. The summed E-state index contributed by atoms with van der Waals surface area (Å²) in [6.07, 6.45) is 2.12. The number of carboxylic acid groups (broad SMARTS) is 1. The lowest BCUT2D eigenvalue weighted by Gasteiger charge is -2.06. The highest BCUT2D eigenvalue weighted by Gasteiger charge is 2.12. The van der Waals surface area contributed by atoms with Gasteiger partial charge in [0.2, 0.25) is 0 Å². The lowest BCUT2D eigenvalue weighted by molar-refractivity contribution is -0.133. The fourth-order valence-corrected chi connectivity index (χ4v) is 2.64. The number of hydrogen-bond acceptors (Lipinski definition) is 3. The van der Waals surface area contributed by atoms with Gasteiger partial charge in [0.25, 0.3) is 0 Å². The van der Waals surface area contributed by atoms with Crippen LogP contribution in [-0.4, -0.2) is 26.4 Å². The number of carbonyl (C=O) groups is 1. The average molecular weight is 290 g/mol. The Labute approximate surface area is 122 Å². The SMILES string of the molecule is CC(C)=CCn1c(SCC(=O)O)nc2ccc(C)cc21. The van der Waals surface area contributed by atoms with Crippen LogP contribution in [0.3, 0.4) is 0 Å². The van der Waals surface area contributed by atoms with Gasteiger partial charge < -0.3 is 9.67 Å². The summed E-state index contributed by atoms with van der Waals surface area (Å²) < 4.78 is 2.07. The molecule has 2 rings (SSSR count). The van der Waals surface area contributed by atoms with Crippen molar-refractivity contribution >= 4 is 28.8 Å². The Morgan fingerprint density at radius 2 is 2.20 bits per heavy atom. The summed E-state index contributed by atoms with van der Waals surface area (Å²) >= 11 is 1.26. The maximum Gasteiger partial charge on any atom is 0.313 e. The van der Waals surface area contributed by atoms with Gasteiger partial charge in [0.05, 0.1) is 16.8 Å². The predicted molar refractivity (Wildman–Crippen MR) is 82.3 cm³/mol. The van der Waals surface area contributed by atoms with Crippen LogP contribution in [0.4, 0.5) is 0 Å². The number of nitrogens with zero attached hydrogens (tertiary/aromatic N) is 2. The van der Waals surface area contributed by atoms with Gasteiger partial charge in [-0.2, -0.15) is 0 Å². The van der Waals surface area contributed by atoms with Crippen LogP contribution in [0.15, 0.2) is 35.0 Å². The molecule has 0 fully saturated rings. The van der Waals surface area contributed by atoms with Crippen LogP contribution < -0.4 is 0 Å². The zero-order valence-electron chi connectivity index (χ0n) is 11.9. The minimum Gasteiger partial charge on any atom is -0.481 e. The van der Waals surface area contributed by atoms with Crippen LogP contribution in [0.1, 0.15) is 19.4 Å². The van der Waals surface area contributed by atoms with Gasteiger partial charge in [-0.15, -0.1) is 0 Å². The molecule has 0 saturated carbocycles. The number of thioether (sulfide) groups is 1. The zero-order valence-corrected chi connectivity index (χ0v) is 12.7. The topological polar surface area (TPSA) is 55.1 Å². The highest BCUT2D eigenvalue weighted by Crippen LogP contribution is 2.25. The van der Waals surface area contributed by atoms with Gasteiger partial charge in [0, 0.05) is 6.54 Å². The van der Waals surface area contributed by atoms with Crippen LogP contribution in [-0.2, 0) is 11.3 Å². The zero-order chi connectivity index (χ0) is 14.7. The van der Waals surface area contributed by atoms with E-state index in [2.05, 4.69) is 35.5 Å². The van der Waals surface area contributed by atoms with Crippen molar-refractivity contribution in [1.29, 1.82) is 0 Å². The highest BCUT2D eigenvalue weighted by molar-refractivity contribution is 7.99. The van der Waals surface area contributed by atoms with Crippen molar-refractivity contribution in [3.05, 3.63) is 35.4 Å². The van der Waals surface area contributed by atoms with Crippen molar-refractivity contribution in [3.8, 4) is 0 Å². The summed E-state index contributed by atoms with van der Waals surface area (Å²) in [6, 6.07) is 6.09. The van der Waals surface area contributed by atoms with Crippen molar-refractivity contribution in [1.82, 2.24) is 9.55 Å². The summed E-state index contributed by atoms with van der Waals surface area (Å²) in [7, 11) is 0. The molecule has 0 aliphatic rings. The number of hydrogen-bond donors (Lipinski definition) is 1. The van der Waals surface area contributed by atoms with E-state index in [1.54, 1.807) is 0 Å². The van der Waals surface area contributed by atoms with Crippen LogP contribution in [0.25, 0.3) is 11.0 Å². The van der Waals surface area contributed by atoms with E-state index in [0.29, 0.717) is 6.54 Å². The summed E-state index contributed by atoms with van der Waals surface area (Å²) in [4.78, 5) is 15.3. The Balaban J connectivity index is 2.45. The Morgan fingerprint density at radius 3 is 2.85 bits per heavy atom. The molecule has 0 saturated heterocycles. The van der Waals surface area contributed by atoms with E-state index >= 15 is 0 Å². The second kappa shape index (κ2) is 6.13. The van der Waals surface area contributed by atoms with Crippen molar-refractivity contribution < 1.29 is 9.90 Å². The number of aliphatic carboxylic acids is 1. The third kappa shape index (κ3) is 3.42. The molecule has 1 N–H and O–H groups in total. The molecule has 0 amide bonds. The van der Waals surface area contributed by atoms with Crippen molar-refractivity contribution in [2.45, 2.75) is 32.5 Å². The third-order valence-corrected chi connectivity index (χ3v) is 3.84. The Kier molecular flexibility index (Phi) is 4.49. The molecule has 0 aliphatic heterocycles. The van der Waals surface area contributed by atoms with Gasteiger partial charge in [0.15, 0.2) is 5.16 Å². The first-order valence-electron chi connectivity index (χ1n) is 6.42. The molecule has 1 aromatic carbocycles. The first-order chi connectivity index (χ1) is 9.47. The van der Waals surface area contributed by atoms with Gasteiger partial charge in [-0.1, -0.05) is 29.5 Å². The molecule has 0 radical (unpaired) electrons. The van der Waals surface area contributed by atoms with Gasteiger partial charge in [-0.05, 0) is 38.5 Å². The van der Waals surface area contributed by atoms with Crippen LogP contribution in [0.2, 0.25) is 0 Å². The number of carboxylic acids is 1. The Morgan fingerprint density at radius 1 is 1.45 bits per heavy atom. The van der Waals surface area contributed by atoms with Crippen molar-refractivity contribution in [2.24, 2.45) is 0 Å². The standard InChI is InChI=1S/C15H18N2O2S/c1-10(2)6-7-17-13-8-11(3)4-5-12(13)16-15(17)20-9-14(18)19/h4-6,8H,7,9H2,1-3H3,(H,18,19). The van der Waals surface area contributed by atoms with Gasteiger partial charge in [-0.3, -0.25) is 4.79 Å². The highest BCUT2D eigenvalue weighted by atomic mass is 32.2. The first kappa shape index (κ1) is 14.7. The molecule has 1 aromatic heterocycles. The number of imidazole rings is 1. The van der Waals surface area contributed by atoms with Crippen molar-refractivity contribution in [3.63, 3.8) is 0 Å². The smallest absolute Gasteiger partial charge is 0.313 e. The van der Waals surface area contributed by atoms with Gasteiger partial charge in [0.1, 0.15) is 0 Å². The first-order valence-corrected chi connectivity index (χ1v) is 7.41. The van der Waals surface area contributed by atoms with E-state index in [-0.39, 0.29) is 5.75 Å². The normalized spacial score (nSPS) is 10.8. The maximum absolute atomic E-state index is 10.7. The molecule has 106 valence electrons. The minimum absolute atomic E-state index is 0.0249. The number of fused-ring (bicyclic) bond motifs is 1. The fraction of sp³-hybridized carbons (Fsp3) is 0.333. The van der Waals surface area contributed by atoms with E-state index < -0.39 is 5.97 Å². The third-order valence-electron chi connectivity index (χ3n) is 2.88. The van der Waals surface area contributed by atoms with E-state index in [1.165, 1.54) is 22.9 Å². The monoisotopic (exact) mass is 290 g/mol. The summed E-state index contributed by atoms with van der Waals surface area (Å²) in [6.45, 7) is 6.86. The second-order valence-corrected chi connectivity index (χ2v) is 5.90. The molecular weight excluding hydrogens is 272 g/mol. The lowest BCUT2D eigenvalue weighted by atomic mass is 10.2. The van der Waals surface area contributed by atoms with Gasteiger partial charge >= 0.3 is 5.97 Å². The molecule has 20 heavy (non-hydrogen) atoms. The molecule has 0 bridgehead atoms. The number of aromatic nitrogens is 2. The van der Waals surface area contributed by atoms with Crippen LogP contribution >= 0.6 is 11.8 Å². The van der Waals surface area contributed by atoms with Crippen LogP contribution in [0.5, 0.6) is 0 Å².